The van der Waals surface area contributed by atoms with Crippen LogP contribution in [0.2, 0.25) is 0 Å². The molecule has 0 unspecified atom stereocenters. The fourth-order valence-corrected chi connectivity index (χ4v) is 3.76. The molecule has 2 heterocycles. The van der Waals surface area contributed by atoms with Crippen molar-refractivity contribution < 1.29 is 18.8 Å². The Balaban J connectivity index is 1.58. The van der Waals surface area contributed by atoms with Crippen LogP contribution in [0, 0.1) is 6.92 Å². The van der Waals surface area contributed by atoms with Crippen molar-refractivity contribution >= 4 is 35.0 Å². The molecule has 1 aliphatic heterocycles. The first-order chi connectivity index (χ1) is 12.6. The molecule has 6 nitrogen and oxygen atoms in total. The molecule has 3 aromatic rings. The summed E-state index contributed by atoms with van der Waals surface area (Å²) >= 11 is 1.60. The summed E-state index contributed by atoms with van der Waals surface area (Å²) in [5.41, 5.74) is 1.59. The highest BCUT2D eigenvalue weighted by atomic mass is 32.2. The Morgan fingerprint density at radius 3 is 2.27 bits per heavy atom. The smallest absolute Gasteiger partial charge is 0.361 e. The van der Waals surface area contributed by atoms with Crippen molar-refractivity contribution in [3.05, 3.63) is 66.1 Å². The molecule has 0 bridgehead atoms. The minimum Gasteiger partial charge on any atom is -0.451 e. The maximum Gasteiger partial charge on any atom is 0.361 e. The van der Waals surface area contributed by atoms with E-state index >= 15 is 0 Å². The van der Waals surface area contributed by atoms with Crippen molar-refractivity contribution in [2.45, 2.75) is 16.7 Å². The number of esters is 1. The number of benzene rings is 2. The maximum absolute atomic E-state index is 12.9. The summed E-state index contributed by atoms with van der Waals surface area (Å²) in [6.07, 6.45) is 0. The van der Waals surface area contributed by atoms with E-state index < -0.39 is 12.6 Å². The standard InChI is InChI=1S/C19H14N2O4S/c1-12-10-13(20-25-12)19(23)24-11-18(22)21-14-6-2-4-8-16(14)26-17-9-5-3-7-15(17)21/h2-10H,11H2,1H3. The van der Waals surface area contributed by atoms with Gasteiger partial charge in [0.25, 0.3) is 5.91 Å². The number of hydrogen-bond acceptors (Lipinski definition) is 6. The van der Waals surface area contributed by atoms with E-state index in [4.69, 9.17) is 9.26 Å². The first-order valence-electron chi connectivity index (χ1n) is 7.93. The van der Waals surface area contributed by atoms with E-state index in [-0.39, 0.29) is 11.6 Å². The molecule has 0 saturated carbocycles. The van der Waals surface area contributed by atoms with Gasteiger partial charge in [0.2, 0.25) is 0 Å². The Hall–Kier alpha value is -3.06. The molecule has 0 N–H and O–H groups in total. The van der Waals surface area contributed by atoms with Gasteiger partial charge in [-0.15, -0.1) is 0 Å². The van der Waals surface area contributed by atoms with Gasteiger partial charge in [0.1, 0.15) is 5.76 Å². The lowest BCUT2D eigenvalue weighted by molar-refractivity contribution is -0.121. The van der Waals surface area contributed by atoms with E-state index in [1.807, 2.05) is 48.5 Å². The molecule has 26 heavy (non-hydrogen) atoms. The van der Waals surface area contributed by atoms with Crippen LogP contribution in [0.5, 0.6) is 0 Å². The second-order valence-electron chi connectivity index (χ2n) is 5.67. The van der Waals surface area contributed by atoms with Gasteiger partial charge < -0.3 is 9.26 Å². The molecule has 130 valence electrons. The van der Waals surface area contributed by atoms with E-state index in [0.29, 0.717) is 5.76 Å². The summed E-state index contributed by atoms with van der Waals surface area (Å²) in [6, 6.07) is 16.7. The summed E-state index contributed by atoms with van der Waals surface area (Å²) < 4.78 is 9.98. The Labute approximate surface area is 153 Å². The number of anilines is 2. The minimum absolute atomic E-state index is 0.0466. The monoisotopic (exact) mass is 366 g/mol. The largest absolute Gasteiger partial charge is 0.451 e. The van der Waals surface area contributed by atoms with Gasteiger partial charge in [-0.25, -0.2) is 4.79 Å². The Morgan fingerprint density at radius 1 is 1.08 bits per heavy atom. The first kappa shape index (κ1) is 16.4. The zero-order chi connectivity index (χ0) is 18.1. The highest BCUT2D eigenvalue weighted by molar-refractivity contribution is 7.99. The molecule has 1 aliphatic rings. The minimum atomic E-state index is -0.692. The fraction of sp³-hybridized carbons (Fsp3) is 0.105. The molecule has 7 heteroatoms. The third-order valence-corrected chi connectivity index (χ3v) is 4.98. The van der Waals surface area contributed by atoms with E-state index in [1.165, 1.54) is 6.07 Å². The molecule has 1 aromatic heterocycles. The van der Waals surface area contributed by atoms with E-state index in [0.717, 1.165) is 21.2 Å². The number of para-hydroxylation sites is 2. The number of aryl methyl sites for hydroxylation is 1. The summed E-state index contributed by atoms with van der Waals surface area (Å²) in [5, 5.41) is 3.60. The average molecular weight is 366 g/mol. The van der Waals surface area contributed by atoms with E-state index in [2.05, 4.69) is 5.16 Å². The van der Waals surface area contributed by atoms with Crippen LogP contribution >= 0.6 is 11.8 Å². The van der Waals surface area contributed by atoms with Crippen LogP contribution in [0.4, 0.5) is 11.4 Å². The molecule has 0 atom stereocenters. The lowest BCUT2D eigenvalue weighted by Crippen LogP contribution is -2.32. The van der Waals surface area contributed by atoms with Crippen LogP contribution in [0.3, 0.4) is 0 Å². The van der Waals surface area contributed by atoms with Gasteiger partial charge in [-0.3, -0.25) is 9.69 Å². The van der Waals surface area contributed by atoms with Gasteiger partial charge in [0.05, 0.1) is 11.4 Å². The van der Waals surface area contributed by atoms with Crippen LogP contribution in [0.25, 0.3) is 0 Å². The number of aromatic nitrogens is 1. The molecule has 2 aromatic carbocycles. The zero-order valence-corrected chi connectivity index (χ0v) is 14.7. The lowest BCUT2D eigenvalue weighted by atomic mass is 10.2. The van der Waals surface area contributed by atoms with Crippen molar-refractivity contribution in [1.82, 2.24) is 5.16 Å². The van der Waals surface area contributed by atoms with Crippen molar-refractivity contribution in [1.29, 1.82) is 0 Å². The molecular formula is C19H14N2O4S. The average Bonchev–Trinajstić information content (AvgIpc) is 3.10. The quantitative estimate of drug-likeness (QED) is 0.653. The van der Waals surface area contributed by atoms with Crippen LogP contribution in [0.1, 0.15) is 16.2 Å². The van der Waals surface area contributed by atoms with Crippen LogP contribution < -0.4 is 4.90 Å². The predicted molar refractivity (Wildman–Crippen MR) is 95.7 cm³/mol. The summed E-state index contributed by atoms with van der Waals surface area (Å²) in [5.74, 6) is -0.527. The van der Waals surface area contributed by atoms with E-state index in [9.17, 15) is 9.59 Å². The molecule has 0 fully saturated rings. The number of nitrogens with zero attached hydrogens (tertiary/aromatic N) is 2. The zero-order valence-electron chi connectivity index (χ0n) is 13.8. The van der Waals surface area contributed by atoms with Crippen LogP contribution in [-0.4, -0.2) is 23.6 Å². The third kappa shape index (κ3) is 2.97. The molecule has 4 rings (SSSR count). The number of fused-ring (bicyclic) bond motifs is 2. The van der Waals surface area contributed by atoms with Gasteiger partial charge in [-0.2, -0.15) is 0 Å². The van der Waals surface area contributed by atoms with Gasteiger partial charge >= 0.3 is 5.97 Å². The second-order valence-corrected chi connectivity index (χ2v) is 6.75. The van der Waals surface area contributed by atoms with Crippen molar-refractivity contribution in [3.63, 3.8) is 0 Å². The molecule has 1 amide bonds. The Kier molecular flexibility index (Phi) is 4.22. The van der Waals surface area contributed by atoms with Gasteiger partial charge in [0.15, 0.2) is 12.3 Å². The maximum atomic E-state index is 12.9. The molecule has 0 saturated heterocycles. The Morgan fingerprint density at radius 2 is 1.69 bits per heavy atom. The predicted octanol–water partition coefficient (Wildman–Crippen LogP) is 3.97. The topological polar surface area (TPSA) is 72.6 Å². The van der Waals surface area contributed by atoms with Gasteiger partial charge in [-0.1, -0.05) is 41.2 Å². The summed E-state index contributed by atoms with van der Waals surface area (Å²) in [4.78, 5) is 28.4. The Bertz CT molecular complexity index is 953. The number of hydrogen-bond donors (Lipinski definition) is 0. The summed E-state index contributed by atoms with van der Waals surface area (Å²) in [6.45, 7) is 1.28. The molecule has 0 radical (unpaired) electrons. The third-order valence-electron chi connectivity index (χ3n) is 3.85. The SMILES string of the molecule is Cc1cc(C(=O)OCC(=O)N2c3ccccc3Sc3ccccc32)no1. The van der Waals surface area contributed by atoms with Crippen molar-refractivity contribution in [3.8, 4) is 0 Å². The van der Waals surface area contributed by atoms with Gasteiger partial charge in [-0.05, 0) is 31.2 Å². The highest BCUT2D eigenvalue weighted by Crippen LogP contribution is 2.47. The molecular weight excluding hydrogens is 352 g/mol. The normalized spacial score (nSPS) is 12.3. The van der Waals surface area contributed by atoms with Gasteiger partial charge in [0, 0.05) is 15.9 Å². The number of carbonyl (C=O) groups is 2. The number of ether oxygens (including phenoxy) is 1. The number of rotatable bonds is 3. The number of carbonyl (C=O) groups excluding carboxylic acids is 2. The molecule has 0 spiro atoms. The summed E-state index contributed by atoms with van der Waals surface area (Å²) in [7, 11) is 0. The van der Waals surface area contributed by atoms with Crippen molar-refractivity contribution in [2.75, 3.05) is 11.5 Å². The van der Waals surface area contributed by atoms with Crippen molar-refractivity contribution in [2.24, 2.45) is 0 Å². The number of amides is 1. The van der Waals surface area contributed by atoms with Crippen LogP contribution in [-0.2, 0) is 9.53 Å². The second kappa shape index (κ2) is 6.68. The highest BCUT2D eigenvalue weighted by Gasteiger charge is 2.28. The lowest BCUT2D eigenvalue weighted by Gasteiger charge is -2.30. The molecule has 0 aliphatic carbocycles. The van der Waals surface area contributed by atoms with E-state index in [1.54, 1.807) is 23.6 Å². The van der Waals surface area contributed by atoms with Crippen LogP contribution in [0.15, 0.2) is 68.9 Å². The fourth-order valence-electron chi connectivity index (χ4n) is 2.70. The first-order valence-corrected chi connectivity index (χ1v) is 8.74.